The summed E-state index contributed by atoms with van der Waals surface area (Å²) < 4.78 is 0. The fourth-order valence-corrected chi connectivity index (χ4v) is 3.61. The number of rotatable bonds is 4. The van der Waals surface area contributed by atoms with Crippen LogP contribution in [0.2, 0.25) is 10.0 Å². The Kier molecular flexibility index (Phi) is 5.54. The van der Waals surface area contributed by atoms with E-state index < -0.39 is 5.92 Å². The van der Waals surface area contributed by atoms with Crippen molar-refractivity contribution >= 4 is 46.4 Å². The monoisotopic (exact) mass is 390 g/mol. The predicted octanol–water partition coefficient (Wildman–Crippen LogP) is 4.86. The smallest absolute Gasteiger partial charge is 0.229 e. The summed E-state index contributed by atoms with van der Waals surface area (Å²) in [5, 5.41) is 3.63. The highest BCUT2D eigenvalue weighted by Gasteiger charge is 2.36. The predicted molar refractivity (Wildman–Crippen MR) is 106 cm³/mol. The Bertz CT molecular complexity index is 867. The third-order valence-electron chi connectivity index (χ3n) is 4.66. The van der Waals surface area contributed by atoms with Gasteiger partial charge in [-0.1, -0.05) is 48.3 Å². The molecule has 2 amide bonds. The number of carbonyl (C=O) groups is 2. The maximum atomic E-state index is 12.6. The molecule has 6 heteroatoms. The largest absolute Gasteiger partial charge is 0.326 e. The zero-order valence-corrected chi connectivity index (χ0v) is 16.2. The molecule has 136 valence electrons. The molecule has 0 saturated carbocycles. The van der Waals surface area contributed by atoms with Gasteiger partial charge in [0.05, 0.1) is 16.0 Å². The Morgan fingerprint density at radius 2 is 2.00 bits per heavy atom. The van der Waals surface area contributed by atoms with Crippen LogP contribution in [0.1, 0.15) is 24.5 Å². The number of anilines is 2. The van der Waals surface area contributed by atoms with Crippen LogP contribution in [0, 0.1) is 12.8 Å². The fraction of sp³-hybridized carbons (Fsp3) is 0.300. The molecule has 26 heavy (non-hydrogen) atoms. The van der Waals surface area contributed by atoms with Crippen LogP contribution in [0.5, 0.6) is 0 Å². The van der Waals surface area contributed by atoms with Crippen LogP contribution in [0.15, 0.2) is 36.4 Å². The SMILES string of the molecule is CCc1cccc(C)c1N1CC(C(=O)Nc2ccc(Cl)c(Cl)c2)CC1=O. The molecule has 1 unspecified atom stereocenters. The van der Waals surface area contributed by atoms with Crippen LogP contribution in [0.25, 0.3) is 0 Å². The summed E-state index contributed by atoms with van der Waals surface area (Å²) in [5.41, 5.74) is 3.66. The lowest BCUT2D eigenvalue weighted by Gasteiger charge is -2.22. The molecule has 3 rings (SSSR count). The molecule has 1 heterocycles. The third-order valence-corrected chi connectivity index (χ3v) is 5.39. The van der Waals surface area contributed by atoms with E-state index in [1.807, 2.05) is 25.1 Å². The van der Waals surface area contributed by atoms with Crippen LogP contribution in [0.4, 0.5) is 11.4 Å². The lowest BCUT2D eigenvalue weighted by atomic mass is 10.0. The summed E-state index contributed by atoms with van der Waals surface area (Å²) >= 11 is 11.9. The number of amides is 2. The van der Waals surface area contributed by atoms with Crippen molar-refractivity contribution in [3.05, 3.63) is 57.6 Å². The van der Waals surface area contributed by atoms with Crippen molar-refractivity contribution < 1.29 is 9.59 Å². The maximum absolute atomic E-state index is 12.6. The van der Waals surface area contributed by atoms with Crippen LogP contribution in [-0.2, 0) is 16.0 Å². The summed E-state index contributed by atoms with van der Waals surface area (Å²) in [4.78, 5) is 26.9. The summed E-state index contributed by atoms with van der Waals surface area (Å²) in [7, 11) is 0. The Morgan fingerprint density at radius 1 is 1.23 bits per heavy atom. The van der Waals surface area contributed by atoms with E-state index in [1.165, 1.54) is 0 Å². The molecule has 1 fully saturated rings. The molecule has 2 aromatic carbocycles. The van der Waals surface area contributed by atoms with Crippen molar-refractivity contribution in [2.75, 3.05) is 16.8 Å². The molecule has 1 atom stereocenters. The quantitative estimate of drug-likeness (QED) is 0.810. The van der Waals surface area contributed by atoms with Crippen molar-refractivity contribution in [1.82, 2.24) is 0 Å². The minimum absolute atomic E-state index is 0.0247. The lowest BCUT2D eigenvalue weighted by molar-refractivity contribution is -0.122. The molecule has 2 aromatic rings. The second-order valence-electron chi connectivity index (χ2n) is 6.46. The molecule has 4 nitrogen and oxygen atoms in total. The molecule has 1 aliphatic heterocycles. The van der Waals surface area contributed by atoms with E-state index in [9.17, 15) is 9.59 Å². The molecule has 1 saturated heterocycles. The Balaban J connectivity index is 1.77. The van der Waals surface area contributed by atoms with Crippen molar-refractivity contribution in [3.8, 4) is 0 Å². The number of para-hydroxylation sites is 1. The number of nitrogens with one attached hydrogen (secondary N) is 1. The van der Waals surface area contributed by atoms with Crippen molar-refractivity contribution in [2.24, 2.45) is 5.92 Å². The first-order chi connectivity index (χ1) is 12.4. The zero-order chi connectivity index (χ0) is 18.8. The van der Waals surface area contributed by atoms with E-state index in [-0.39, 0.29) is 18.2 Å². The third kappa shape index (κ3) is 3.71. The van der Waals surface area contributed by atoms with Gasteiger partial charge in [0.1, 0.15) is 0 Å². The Morgan fingerprint density at radius 3 is 2.69 bits per heavy atom. The summed E-state index contributed by atoms with van der Waals surface area (Å²) in [5.74, 6) is -0.615. The normalized spacial score (nSPS) is 16.8. The molecular weight excluding hydrogens is 371 g/mol. The minimum Gasteiger partial charge on any atom is -0.326 e. The standard InChI is InChI=1S/C20H20Cl2N2O2/c1-3-13-6-4-5-12(2)19(13)24-11-14(9-18(24)25)20(26)23-15-7-8-16(21)17(22)10-15/h4-8,10,14H,3,9,11H2,1-2H3,(H,23,26). The van der Waals surface area contributed by atoms with Gasteiger partial charge in [-0.05, 0) is 42.7 Å². The average Bonchev–Trinajstić information content (AvgIpc) is 2.99. The zero-order valence-electron chi connectivity index (χ0n) is 14.7. The Hall–Kier alpha value is -2.04. The number of hydrogen-bond acceptors (Lipinski definition) is 2. The number of nitrogens with zero attached hydrogens (tertiary/aromatic N) is 1. The molecule has 0 bridgehead atoms. The van der Waals surface area contributed by atoms with Gasteiger partial charge in [0.2, 0.25) is 11.8 Å². The van der Waals surface area contributed by atoms with Gasteiger partial charge in [-0.15, -0.1) is 0 Å². The summed E-state index contributed by atoms with van der Waals surface area (Å²) in [6.07, 6.45) is 1.03. The molecule has 1 N–H and O–H groups in total. The highest BCUT2D eigenvalue weighted by molar-refractivity contribution is 6.42. The van der Waals surface area contributed by atoms with Gasteiger partial charge in [-0.2, -0.15) is 0 Å². The molecule has 0 aromatic heterocycles. The Labute approximate surface area is 163 Å². The van der Waals surface area contributed by atoms with Crippen LogP contribution in [-0.4, -0.2) is 18.4 Å². The second kappa shape index (κ2) is 7.68. The van der Waals surface area contributed by atoms with E-state index in [0.717, 1.165) is 23.2 Å². The van der Waals surface area contributed by atoms with E-state index in [4.69, 9.17) is 23.2 Å². The number of carbonyl (C=O) groups excluding carboxylic acids is 2. The van der Waals surface area contributed by atoms with Gasteiger partial charge in [0.15, 0.2) is 0 Å². The van der Waals surface area contributed by atoms with Gasteiger partial charge in [0.25, 0.3) is 0 Å². The number of aryl methyl sites for hydroxylation is 2. The van der Waals surface area contributed by atoms with Crippen molar-refractivity contribution in [2.45, 2.75) is 26.7 Å². The molecule has 0 spiro atoms. The molecule has 0 aliphatic carbocycles. The van der Waals surface area contributed by atoms with Gasteiger partial charge in [0, 0.05) is 24.3 Å². The van der Waals surface area contributed by atoms with Crippen LogP contribution in [0.3, 0.4) is 0 Å². The van der Waals surface area contributed by atoms with Crippen molar-refractivity contribution in [3.63, 3.8) is 0 Å². The second-order valence-corrected chi connectivity index (χ2v) is 7.27. The topological polar surface area (TPSA) is 49.4 Å². The number of hydrogen-bond donors (Lipinski definition) is 1. The average molecular weight is 391 g/mol. The van der Waals surface area contributed by atoms with Gasteiger partial charge >= 0.3 is 0 Å². The first-order valence-corrected chi connectivity index (χ1v) is 9.31. The van der Waals surface area contributed by atoms with E-state index >= 15 is 0 Å². The number of benzene rings is 2. The molecule has 0 radical (unpaired) electrons. The van der Waals surface area contributed by atoms with E-state index in [1.54, 1.807) is 23.1 Å². The van der Waals surface area contributed by atoms with Crippen LogP contribution < -0.4 is 10.2 Å². The minimum atomic E-state index is -0.402. The summed E-state index contributed by atoms with van der Waals surface area (Å²) in [6, 6.07) is 10.9. The summed E-state index contributed by atoms with van der Waals surface area (Å²) in [6.45, 7) is 4.43. The molecule has 1 aliphatic rings. The van der Waals surface area contributed by atoms with Gasteiger partial charge in [-0.25, -0.2) is 0 Å². The highest BCUT2D eigenvalue weighted by atomic mass is 35.5. The van der Waals surface area contributed by atoms with Crippen LogP contribution >= 0.6 is 23.2 Å². The van der Waals surface area contributed by atoms with Gasteiger partial charge in [-0.3, -0.25) is 9.59 Å². The molecular formula is C20H20Cl2N2O2. The highest BCUT2D eigenvalue weighted by Crippen LogP contribution is 2.32. The van der Waals surface area contributed by atoms with Crippen molar-refractivity contribution in [1.29, 1.82) is 0 Å². The maximum Gasteiger partial charge on any atom is 0.229 e. The first kappa shape index (κ1) is 18.7. The van der Waals surface area contributed by atoms with E-state index in [0.29, 0.717) is 22.3 Å². The lowest BCUT2D eigenvalue weighted by Crippen LogP contribution is -2.29. The first-order valence-electron chi connectivity index (χ1n) is 8.55. The number of halogens is 2. The fourth-order valence-electron chi connectivity index (χ4n) is 3.31. The van der Waals surface area contributed by atoms with E-state index in [2.05, 4.69) is 12.2 Å². The van der Waals surface area contributed by atoms with Gasteiger partial charge < -0.3 is 10.2 Å².